The van der Waals surface area contributed by atoms with E-state index in [1.165, 1.54) is 11.8 Å². The van der Waals surface area contributed by atoms with Crippen LogP contribution in [-0.2, 0) is 14.6 Å². The number of ether oxygens (including phenoxy) is 2. The Labute approximate surface area is 146 Å². The SMILES string of the molecule is CC1(NC(=O)CSc2ccc3c(c2)OCCCO3)CCS(=O)(=O)C1. The fourth-order valence-corrected chi connectivity index (χ4v) is 5.68. The zero-order chi connectivity index (χ0) is 17.2. The number of sulfone groups is 1. The molecule has 1 amide bonds. The first-order chi connectivity index (χ1) is 11.4. The minimum absolute atomic E-state index is 0.0143. The first-order valence-electron chi connectivity index (χ1n) is 7.89. The summed E-state index contributed by atoms with van der Waals surface area (Å²) in [4.78, 5) is 13.1. The van der Waals surface area contributed by atoms with Crippen molar-refractivity contribution < 1.29 is 22.7 Å². The summed E-state index contributed by atoms with van der Waals surface area (Å²) in [5.41, 5.74) is -0.652. The van der Waals surface area contributed by atoms with Crippen molar-refractivity contribution >= 4 is 27.5 Å². The number of rotatable bonds is 4. The lowest BCUT2D eigenvalue weighted by molar-refractivity contribution is -0.120. The largest absolute Gasteiger partial charge is 0.490 e. The second-order valence-corrected chi connectivity index (χ2v) is 9.63. The second-order valence-electron chi connectivity index (χ2n) is 6.40. The van der Waals surface area contributed by atoms with Crippen LogP contribution in [0.4, 0.5) is 0 Å². The Morgan fingerprint density at radius 1 is 1.29 bits per heavy atom. The van der Waals surface area contributed by atoms with Gasteiger partial charge in [-0.15, -0.1) is 11.8 Å². The van der Waals surface area contributed by atoms with Gasteiger partial charge >= 0.3 is 0 Å². The van der Waals surface area contributed by atoms with Crippen LogP contribution in [0.25, 0.3) is 0 Å². The Kier molecular flexibility index (Phi) is 4.96. The highest BCUT2D eigenvalue weighted by Gasteiger charge is 2.39. The number of carbonyl (C=O) groups excluding carboxylic acids is 1. The molecule has 6 nitrogen and oxygen atoms in total. The summed E-state index contributed by atoms with van der Waals surface area (Å²) in [5, 5.41) is 2.86. The molecule has 1 saturated heterocycles. The fourth-order valence-electron chi connectivity index (χ4n) is 2.86. The minimum atomic E-state index is -3.03. The third-order valence-corrected chi connectivity index (χ3v) is 6.93. The van der Waals surface area contributed by atoms with E-state index in [-0.39, 0.29) is 23.2 Å². The van der Waals surface area contributed by atoms with Crippen LogP contribution in [0.2, 0.25) is 0 Å². The summed E-state index contributed by atoms with van der Waals surface area (Å²) in [5.74, 6) is 1.65. The van der Waals surface area contributed by atoms with Crippen LogP contribution in [0.5, 0.6) is 11.5 Å². The lowest BCUT2D eigenvalue weighted by Gasteiger charge is -2.23. The van der Waals surface area contributed by atoms with Crippen LogP contribution < -0.4 is 14.8 Å². The van der Waals surface area contributed by atoms with E-state index in [4.69, 9.17) is 9.47 Å². The molecule has 2 aliphatic heterocycles. The van der Waals surface area contributed by atoms with Gasteiger partial charge in [0.1, 0.15) is 0 Å². The van der Waals surface area contributed by atoms with Crippen molar-refractivity contribution in [3.63, 3.8) is 0 Å². The number of benzene rings is 1. The quantitative estimate of drug-likeness (QED) is 0.810. The average molecular weight is 371 g/mol. The monoisotopic (exact) mass is 371 g/mol. The van der Waals surface area contributed by atoms with Gasteiger partial charge in [-0.05, 0) is 31.5 Å². The van der Waals surface area contributed by atoms with Gasteiger partial charge in [0.15, 0.2) is 21.3 Å². The molecule has 0 radical (unpaired) electrons. The molecule has 0 aromatic heterocycles. The van der Waals surface area contributed by atoms with Crippen molar-refractivity contribution in [2.45, 2.75) is 30.2 Å². The summed E-state index contributed by atoms with van der Waals surface area (Å²) >= 11 is 1.39. The summed E-state index contributed by atoms with van der Waals surface area (Å²) in [6, 6.07) is 5.62. The van der Waals surface area contributed by atoms with E-state index >= 15 is 0 Å². The van der Waals surface area contributed by atoms with E-state index in [2.05, 4.69) is 5.32 Å². The smallest absolute Gasteiger partial charge is 0.230 e. The molecule has 132 valence electrons. The topological polar surface area (TPSA) is 81.7 Å². The molecule has 2 heterocycles. The molecule has 1 aromatic rings. The Hall–Kier alpha value is -1.41. The van der Waals surface area contributed by atoms with E-state index < -0.39 is 15.4 Å². The predicted octanol–water partition coefficient (Wildman–Crippen LogP) is 1.63. The van der Waals surface area contributed by atoms with Crippen LogP contribution in [0.3, 0.4) is 0 Å². The molecule has 0 aliphatic carbocycles. The number of carbonyl (C=O) groups is 1. The van der Waals surface area contributed by atoms with Crippen molar-refractivity contribution in [1.29, 1.82) is 0 Å². The van der Waals surface area contributed by atoms with Crippen molar-refractivity contribution in [2.24, 2.45) is 0 Å². The lowest BCUT2D eigenvalue weighted by atomic mass is 10.0. The van der Waals surface area contributed by atoms with Gasteiger partial charge < -0.3 is 14.8 Å². The molecule has 0 saturated carbocycles. The summed E-state index contributed by atoms with van der Waals surface area (Å²) in [6.45, 7) is 3.05. The lowest BCUT2D eigenvalue weighted by Crippen LogP contribution is -2.47. The zero-order valence-electron chi connectivity index (χ0n) is 13.5. The molecular formula is C16H21NO5S2. The summed E-state index contributed by atoms with van der Waals surface area (Å²) in [6.07, 6.45) is 1.32. The van der Waals surface area contributed by atoms with Crippen LogP contribution in [0, 0.1) is 0 Å². The predicted molar refractivity (Wildman–Crippen MR) is 92.6 cm³/mol. The van der Waals surface area contributed by atoms with Gasteiger partial charge in [-0.25, -0.2) is 8.42 Å². The molecule has 24 heavy (non-hydrogen) atoms. The van der Waals surface area contributed by atoms with Gasteiger partial charge in [-0.2, -0.15) is 0 Å². The molecular weight excluding hydrogens is 350 g/mol. The molecule has 1 aromatic carbocycles. The van der Waals surface area contributed by atoms with Gasteiger partial charge in [0.2, 0.25) is 5.91 Å². The first kappa shape index (κ1) is 17.4. The van der Waals surface area contributed by atoms with Crippen LogP contribution in [0.1, 0.15) is 19.8 Å². The van der Waals surface area contributed by atoms with Gasteiger partial charge in [-0.3, -0.25) is 4.79 Å². The normalized spacial score (nSPS) is 25.0. The number of nitrogens with one attached hydrogen (secondary N) is 1. The second kappa shape index (κ2) is 6.84. The van der Waals surface area contributed by atoms with Gasteiger partial charge in [0.25, 0.3) is 0 Å². The number of amides is 1. The van der Waals surface area contributed by atoms with Crippen LogP contribution in [0.15, 0.2) is 23.1 Å². The maximum absolute atomic E-state index is 12.1. The number of thioether (sulfide) groups is 1. The average Bonchev–Trinajstić information content (AvgIpc) is 2.69. The molecule has 2 aliphatic rings. The Morgan fingerprint density at radius 3 is 2.75 bits per heavy atom. The molecule has 8 heteroatoms. The standard InChI is InChI=1S/C16H21NO5S2/c1-16(5-8-24(19,20)11-16)17-15(18)10-23-12-3-4-13-14(9-12)22-7-2-6-21-13/h3-4,9H,2,5-8,10-11H2,1H3,(H,17,18). The Bertz CT molecular complexity index is 734. The van der Waals surface area contributed by atoms with Crippen molar-refractivity contribution in [3.8, 4) is 11.5 Å². The fraction of sp³-hybridized carbons (Fsp3) is 0.562. The van der Waals surface area contributed by atoms with Gasteiger partial charge in [0.05, 0.1) is 36.0 Å². The Balaban J connectivity index is 1.56. The third-order valence-electron chi connectivity index (χ3n) is 4.03. The van der Waals surface area contributed by atoms with E-state index in [0.29, 0.717) is 25.4 Å². The molecule has 1 unspecified atom stereocenters. The molecule has 0 bridgehead atoms. The third kappa shape index (κ3) is 4.36. The number of hydrogen-bond donors (Lipinski definition) is 1. The molecule has 1 atom stereocenters. The maximum atomic E-state index is 12.1. The van der Waals surface area contributed by atoms with Crippen molar-refractivity contribution in [3.05, 3.63) is 18.2 Å². The van der Waals surface area contributed by atoms with E-state index in [9.17, 15) is 13.2 Å². The summed E-state index contributed by atoms with van der Waals surface area (Å²) in [7, 11) is -3.03. The number of hydrogen-bond acceptors (Lipinski definition) is 6. The van der Waals surface area contributed by atoms with Crippen molar-refractivity contribution in [2.75, 3.05) is 30.5 Å². The highest BCUT2D eigenvalue weighted by Crippen LogP contribution is 2.34. The molecule has 1 N–H and O–H groups in total. The highest BCUT2D eigenvalue weighted by atomic mass is 32.2. The van der Waals surface area contributed by atoms with Crippen LogP contribution >= 0.6 is 11.8 Å². The highest BCUT2D eigenvalue weighted by molar-refractivity contribution is 8.00. The van der Waals surface area contributed by atoms with Crippen molar-refractivity contribution in [1.82, 2.24) is 5.32 Å². The minimum Gasteiger partial charge on any atom is -0.490 e. The maximum Gasteiger partial charge on any atom is 0.230 e. The number of fused-ring (bicyclic) bond motifs is 1. The van der Waals surface area contributed by atoms with E-state index in [1.807, 2.05) is 18.2 Å². The van der Waals surface area contributed by atoms with E-state index in [1.54, 1.807) is 6.92 Å². The Morgan fingerprint density at radius 2 is 2.04 bits per heavy atom. The molecule has 0 spiro atoms. The van der Waals surface area contributed by atoms with E-state index in [0.717, 1.165) is 17.1 Å². The molecule has 3 rings (SSSR count). The van der Waals surface area contributed by atoms with Gasteiger partial charge in [0, 0.05) is 11.3 Å². The molecule has 1 fully saturated rings. The summed E-state index contributed by atoms with van der Waals surface area (Å²) < 4.78 is 34.4. The zero-order valence-corrected chi connectivity index (χ0v) is 15.2. The van der Waals surface area contributed by atoms with Gasteiger partial charge in [-0.1, -0.05) is 0 Å². The first-order valence-corrected chi connectivity index (χ1v) is 10.7. The van der Waals surface area contributed by atoms with Crippen LogP contribution in [-0.4, -0.2) is 50.3 Å².